The maximum atomic E-state index is 13.1. The number of aryl methyl sites for hydroxylation is 1. The van der Waals surface area contributed by atoms with Crippen molar-refractivity contribution < 1.29 is 8.42 Å². The van der Waals surface area contributed by atoms with E-state index in [1.807, 2.05) is 18.2 Å². The van der Waals surface area contributed by atoms with Crippen LogP contribution in [-0.2, 0) is 16.3 Å². The van der Waals surface area contributed by atoms with Gasteiger partial charge in [0.1, 0.15) is 0 Å². The molecule has 0 heterocycles. The third-order valence-corrected chi connectivity index (χ3v) is 7.63. The van der Waals surface area contributed by atoms with Crippen molar-refractivity contribution in [2.45, 2.75) is 29.4 Å². The van der Waals surface area contributed by atoms with Gasteiger partial charge in [0.25, 0.3) is 0 Å². The molecule has 0 aliphatic heterocycles. The van der Waals surface area contributed by atoms with Gasteiger partial charge in [-0.15, -0.1) is 0 Å². The molecular formula is C19H24N2O2S. The molecule has 0 saturated heterocycles. The van der Waals surface area contributed by atoms with E-state index < -0.39 is 20.5 Å². The lowest BCUT2D eigenvalue weighted by atomic mass is 9.98. The molecule has 1 aliphatic rings. The van der Waals surface area contributed by atoms with Crippen LogP contribution in [0.3, 0.4) is 0 Å². The summed E-state index contributed by atoms with van der Waals surface area (Å²) < 4.78 is 26.2. The normalized spacial score (nSPS) is 22.3. The molecule has 128 valence electrons. The highest BCUT2D eigenvalue weighted by molar-refractivity contribution is 7.92. The highest BCUT2D eigenvalue weighted by atomic mass is 32.2. The van der Waals surface area contributed by atoms with Crippen LogP contribution in [0.4, 0.5) is 0 Å². The Morgan fingerprint density at radius 1 is 0.958 bits per heavy atom. The second kappa shape index (κ2) is 6.31. The summed E-state index contributed by atoms with van der Waals surface area (Å²) in [5, 5.41) is -0.560. The van der Waals surface area contributed by atoms with Crippen LogP contribution in [0.1, 0.15) is 24.0 Å². The van der Waals surface area contributed by atoms with Crippen molar-refractivity contribution in [2.75, 3.05) is 13.1 Å². The molecule has 2 aromatic carbocycles. The second-order valence-electron chi connectivity index (χ2n) is 6.49. The zero-order chi connectivity index (χ0) is 17.4. The van der Waals surface area contributed by atoms with Gasteiger partial charge in [0.15, 0.2) is 9.84 Å². The van der Waals surface area contributed by atoms with Crippen molar-refractivity contribution in [2.24, 2.45) is 16.9 Å². The van der Waals surface area contributed by atoms with Crippen LogP contribution in [0, 0.1) is 5.41 Å². The first-order chi connectivity index (χ1) is 11.5. The van der Waals surface area contributed by atoms with Crippen molar-refractivity contribution >= 4 is 9.84 Å². The Hall–Kier alpha value is -1.69. The van der Waals surface area contributed by atoms with Crippen LogP contribution in [0.2, 0.25) is 0 Å². The Bertz CT molecular complexity index is 797. The van der Waals surface area contributed by atoms with E-state index in [-0.39, 0.29) is 19.0 Å². The van der Waals surface area contributed by atoms with Gasteiger partial charge in [0, 0.05) is 24.4 Å². The highest BCUT2D eigenvalue weighted by Crippen LogP contribution is 2.62. The van der Waals surface area contributed by atoms with E-state index in [1.54, 1.807) is 24.3 Å². The molecule has 0 aromatic heterocycles. The summed E-state index contributed by atoms with van der Waals surface area (Å²) in [7, 11) is -3.47. The lowest BCUT2D eigenvalue weighted by molar-refractivity contribution is 0.510. The number of benzene rings is 2. The summed E-state index contributed by atoms with van der Waals surface area (Å²) in [5.41, 5.74) is 13.6. The monoisotopic (exact) mass is 344 g/mol. The molecule has 2 atom stereocenters. The Kier molecular flexibility index (Phi) is 4.51. The van der Waals surface area contributed by atoms with E-state index in [2.05, 4.69) is 19.1 Å². The summed E-state index contributed by atoms with van der Waals surface area (Å²) >= 11 is 0. The molecule has 2 aromatic rings. The van der Waals surface area contributed by atoms with E-state index in [0.717, 1.165) is 12.0 Å². The smallest absolute Gasteiger partial charge is 0.182 e. The number of hydrogen-bond donors (Lipinski definition) is 2. The molecule has 24 heavy (non-hydrogen) atoms. The van der Waals surface area contributed by atoms with Crippen molar-refractivity contribution in [3.8, 4) is 0 Å². The lowest BCUT2D eigenvalue weighted by Gasteiger charge is -2.13. The lowest BCUT2D eigenvalue weighted by Crippen LogP contribution is -2.31. The molecule has 5 heteroatoms. The van der Waals surface area contributed by atoms with Gasteiger partial charge in [-0.2, -0.15) is 0 Å². The zero-order valence-corrected chi connectivity index (χ0v) is 14.7. The molecule has 0 amide bonds. The van der Waals surface area contributed by atoms with Gasteiger partial charge >= 0.3 is 0 Å². The predicted octanol–water partition coefficient (Wildman–Crippen LogP) is 2.09. The molecule has 4 nitrogen and oxygen atoms in total. The molecular weight excluding hydrogens is 320 g/mol. The number of hydrogen-bond acceptors (Lipinski definition) is 4. The summed E-state index contributed by atoms with van der Waals surface area (Å²) in [6.45, 7) is 2.62. The third kappa shape index (κ3) is 2.57. The fourth-order valence-corrected chi connectivity index (χ4v) is 6.23. The average Bonchev–Trinajstić information content (AvgIpc) is 3.33. The van der Waals surface area contributed by atoms with Crippen LogP contribution in [-0.4, -0.2) is 26.8 Å². The molecule has 1 fully saturated rings. The molecule has 0 radical (unpaired) electrons. The van der Waals surface area contributed by atoms with E-state index >= 15 is 0 Å². The summed E-state index contributed by atoms with van der Waals surface area (Å²) in [4.78, 5) is 0.342. The maximum absolute atomic E-state index is 13.1. The second-order valence-corrected chi connectivity index (χ2v) is 8.56. The van der Waals surface area contributed by atoms with Crippen LogP contribution >= 0.6 is 0 Å². The molecule has 3 rings (SSSR count). The quantitative estimate of drug-likeness (QED) is 0.840. The minimum absolute atomic E-state index is 0.149. The predicted molar refractivity (Wildman–Crippen MR) is 96.5 cm³/mol. The molecule has 1 aliphatic carbocycles. The molecule has 1 saturated carbocycles. The van der Waals surface area contributed by atoms with Gasteiger partial charge in [-0.1, -0.05) is 49.4 Å². The van der Waals surface area contributed by atoms with Crippen LogP contribution in [0.5, 0.6) is 0 Å². The number of rotatable bonds is 6. The molecule has 0 spiro atoms. The van der Waals surface area contributed by atoms with E-state index in [0.29, 0.717) is 4.90 Å². The molecule has 0 bridgehead atoms. The van der Waals surface area contributed by atoms with E-state index in [4.69, 9.17) is 11.5 Å². The van der Waals surface area contributed by atoms with Crippen molar-refractivity contribution in [1.29, 1.82) is 0 Å². The average molecular weight is 344 g/mol. The van der Waals surface area contributed by atoms with Gasteiger partial charge in [-0.3, -0.25) is 0 Å². The first-order valence-electron chi connectivity index (χ1n) is 8.29. The van der Waals surface area contributed by atoms with E-state index in [1.165, 1.54) is 5.56 Å². The summed E-state index contributed by atoms with van der Waals surface area (Å²) in [6.07, 6.45) is 0.954. The Morgan fingerprint density at radius 2 is 1.54 bits per heavy atom. The van der Waals surface area contributed by atoms with Gasteiger partial charge in [-0.05, 0) is 29.7 Å². The fraction of sp³-hybridized carbons (Fsp3) is 0.368. The molecule has 0 unspecified atom stereocenters. The largest absolute Gasteiger partial charge is 0.330 e. The first-order valence-corrected chi connectivity index (χ1v) is 9.84. The minimum atomic E-state index is -3.47. The van der Waals surface area contributed by atoms with Crippen LogP contribution < -0.4 is 11.5 Å². The van der Waals surface area contributed by atoms with Gasteiger partial charge in [-0.25, -0.2) is 8.42 Å². The Morgan fingerprint density at radius 3 is 2.04 bits per heavy atom. The zero-order valence-electron chi connectivity index (χ0n) is 13.9. The third-order valence-electron chi connectivity index (χ3n) is 5.29. The first kappa shape index (κ1) is 17.1. The van der Waals surface area contributed by atoms with Crippen LogP contribution in [0.15, 0.2) is 59.5 Å². The standard InChI is InChI=1S/C19H24N2O2S/c1-2-14-8-10-15(11-9-14)17-18(19(17,12-20)13-21)24(22,23)16-6-4-3-5-7-16/h3-11,17-18H,2,12-13,20-21H2,1H3/t17-,18-/m1/s1. The summed E-state index contributed by atoms with van der Waals surface area (Å²) in [6, 6.07) is 16.7. The van der Waals surface area contributed by atoms with Gasteiger partial charge in [0.2, 0.25) is 0 Å². The summed E-state index contributed by atoms with van der Waals surface area (Å²) in [5.74, 6) is -0.149. The van der Waals surface area contributed by atoms with E-state index in [9.17, 15) is 8.42 Å². The van der Waals surface area contributed by atoms with Crippen molar-refractivity contribution in [3.05, 3.63) is 65.7 Å². The van der Waals surface area contributed by atoms with Crippen LogP contribution in [0.25, 0.3) is 0 Å². The molecule has 4 N–H and O–H groups in total. The van der Waals surface area contributed by atoms with Crippen molar-refractivity contribution in [1.82, 2.24) is 0 Å². The SMILES string of the molecule is CCc1ccc([C@@H]2[C@@H](S(=O)(=O)c3ccccc3)C2(CN)CN)cc1. The van der Waals surface area contributed by atoms with Gasteiger partial charge in [0.05, 0.1) is 10.1 Å². The Labute approximate surface area is 143 Å². The number of nitrogens with two attached hydrogens (primary N) is 2. The van der Waals surface area contributed by atoms with Crippen molar-refractivity contribution in [3.63, 3.8) is 0 Å². The fourth-order valence-electron chi connectivity index (χ4n) is 3.74. The maximum Gasteiger partial charge on any atom is 0.182 e. The van der Waals surface area contributed by atoms with Gasteiger partial charge < -0.3 is 11.5 Å². The Balaban J connectivity index is 2.02. The topological polar surface area (TPSA) is 86.2 Å². The minimum Gasteiger partial charge on any atom is -0.330 e. The highest BCUT2D eigenvalue weighted by Gasteiger charge is 2.69. The number of sulfone groups is 1.